The first-order valence-corrected chi connectivity index (χ1v) is 5.99. The van der Waals surface area contributed by atoms with E-state index >= 15 is 0 Å². The van der Waals surface area contributed by atoms with Crippen molar-refractivity contribution in [2.45, 2.75) is 6.92 Å². The normalized spacial score (nSPS) is 10.6. The molecule has 0 aliphatic carbocycles. The number of hydrogen-bond acceptors (Lipinski definition) is 4. The molecule has 4 nitrogen and oxygen atoms in total. The molecule has 0 unspecified atom stereocenters. The Labute approximate surface area is 110 Å². The van der Waals surface area contributed by atoms with E-state index in [0.717, 1.165) is 16.6 Å². The molecule has 94 valence electrons. The summed E-state index contributed by atoms with van der Waals surface area (Å²) in [6.07, 6.45) is 1.76. The van der Waals surface area contributed by atoms with Gasteiger partial charge in [-0.1, -0.05) is 6.07 Å². The van der Waals surface area contributed by atoms with Crippen LogP contribution in [-0.2, 0) is 0 Å². The number of benzene rings is 1. The average molecular weight is 251 g/mol. The molecule has 0 saturated carbocycles. The molecule has 19 heavy (non-hydrogen) atoms. The Hall–Kier alpha value is -2.62. The second-order valence-corrected chi connectivity index (χ2v) is 4.28. The van der Waals surface area contributed by atoms with Crippen LogP contribution >= 0.6 is 0 Å². The van der Waals surface area contributed by atoms with Crippen LogP contribution in [0.3, 0.4) is 0 Å². The quantitative estimate of drug-likeness (QED) is 0.759. The molecule has 2 heterocycles. The van der Waals surface area contributed by atoms with Gasteiger partial charge in [-0.05, 0) is 43.3 Å². The van der Waals surface area contributed by atoms with Crippen molar-refractivity contribution in [2.24, 2.45) is 0 Å². The molecule has 0 radical (unpaired) electrons. The van der Waals surface area contributed by atoms with Crippen molar-refractivity contribution < 1.29 is 4.74 Å². The van der Waals surface area contributed by atoms with Crippen LogP contribution in [-0.4, -0.2) is 9.97 Å². The molecule has 0 spiro atoms. The second-order valence-electron chi connectivity index (χ2n) is 4.28. The fourth-order valence-corrected chi connectivity index (χ4v) is 1.89. The van der Waals surface area contributed by atoms with Crippen LogP contribution in [0.5, 0.6) is 11.6 Å². The number of nitrogen functional groups attached to an aromatic ring is 1. The second kappa shape index (κ2) is 4.57. The maximum atomic E-state index is 5.88. The zero-order valence-corrected chi connectivity index (χ0v) is 10.5. The Morgan fingerprint density at radius 2 is 1.95 bits per heavy atom. The van der Waals surface area contributed by atoms with E-state index in [1.54, 1.807) is 12.3 Å². The topological polar surface area (TPSA) is 61.0 Å². The van der Waals surface area contributed by atoms with Crippen LogP contribution in [0, 0.1) is 6.92 Å². The highest BCUT2D eigenvalue weighted by molar-refractivity contribution is 5.85. The maximum Gasteiger partial charge on any atom is 0.242 e. The molecule has 3 aromatic rings. The van der Waals surface area contributed by atoms with Gasteiger partial charge in [0.2, 0.25) is 5.88 Å². The van der Waals surface area contributed by atoms with Gasteiger partial charge in [-0.15, -0.1) is 0 Å². The fraction of sp³-hybridized carbons (Fsp3) is 0.0667. The number of pyridine rings is 2. The van der Waals surface area contributed by atoms with Crippen LogP contribution < -0.4 is 10.5 Å². The number of fused-ring (bicyclic) bond motifs is 1. The van der Waals surface area contributed by atoms with Gasteiger partial charge in [-0.2, -0.15) is 0 Å². The third-order valence-electron chi connectivity index (χ3n) is 2.84. The van der Waals surface area contributed by atoms with Gasteiger partial charge >= 0.3 is 0 Å². The van der Waals surface area contributed by atoms with E-state index in [1.807, 2.05) is 43.3 Å². The standard InChI is InChI=1S/C15H13N3O/c1-10-7-8-12(16)15(18-10)19-14-6-2-5-13-11(14)4-3-9-17-13/h2-9H,16H2,1H3. The molecule has 2 N–H and O–H groups in total. The summed E-state index contributed by atoms with van der Waals surface area (Å²) in [5, 5.41) is 0.938. The van der Waals surface area contributed by atoms with Crippen molar-refractivity contribution in [2.75, 3.05) is 5.73 Å². The summed E-state index contributed by atoms with van der Waals surface area (Å²) in [5.41, 5.74) is 8.14. The third kappa shape index (κ3) is 2.20. The van der Waals surface area contributed by atoms with Crippen LogP contribution in [0.1, 0.15) is 5.69 Å². The highest BCUT2D eigenvalue weighted by Gasteiger charge is 2.07. The number of ether oxygens (including phenoxy) is 1. The third-order valence-corrected chi connectivity index (χ3v) is 2.84. The summed E-state index contributed by atoms with van der Waals surface area (Å²) in [6.45, 7) is 1.90. The first-order valence-electron chi connectivity index (χ1n) is 5.99. The van der Waals surface area contributed by atoms with E-state index in [4.69, 9.17) is 10.5 Å². The zero-order chi connectivity index (χ0) is 13.2. The van der Waals surface area contributed by atoms with E-state index in [0.29, 0.717) is 17.3 Å². The first-order chi connectivity index (χ1) is 9.24. The Bertz CT molecular complexity index is 735. The van der Waals surface area contributed by atoms with Gasteiger partial charge in [-0.25, -0.2) is 4.98 Å². The lowest BCUT2D eigenvalue weighted by Crippen LogP contribution is -1.96. The molecule has 4 heteroatoms. The van der Waals surface area contributed by atoms with E-state index in [-0.39, 0.29) is 0 Å². The molecule has 0 atom stereocenters. The number of aryl methyl sites for hydroxylation is 1. The number of anilines is 1. The van der Waals surface area contributed by atoms with Crippen molar-refractivity contribution in [3.8, 4) is 11.6 Å². The molecule has 2 aromatic heterocycles. The lowest BCUT2D eigenvalue weighted by Gasteiger charge is -2.10. The Balaban J connectivity index is 2.08. The van der Waals surface area contributed by atoms with Crippen LogP contribution in [0.15, 0.2) is 48.7 Å². The molecule has 1 aromatic carbocycles. The van der Waals surface area contributed by atoms with E-state index in [2.05, 4.69) is 9.97 Å². The largest absolute Gasteiger partial charge is 0.436 e. The summed E-state index contributed by atoms with van der Waals surface area (Å²) in [5.74, 6) is 1.13. The molecule has 3 rings (SSSR count). The summed E-state index contributed by atoms with van der Waals surface area (Å²) in [6, 6.07) is 13.2. The van der Waals surface area contributed by atoms with Gasteiger partial charge in [0.25, 0.3) is 0 Å². The number of hydrogen-bond donors (Lipinski definition) is 1. The van der Waals surface area contributed by atoms with Crippen molar-refractivity contribution >= 4 is 16.6 Å². The molecule has 0 aliphatic rings. The van der Waals surface area contributed by atoms with Crippen molar-refractivity contribution in [1.82, 2.24) is 9.97 Å². The Kier molecular flexibility index (Phi) is 2.76. The van der Waals surface area contributed by atoms with Gasteiger partial charge in [-0.3, -0.25) is 4.98 Å². The Morgan fingerprint density at radius 1 is 1.05 bits per heavy atom. The van der Waals surface area contributed by atoms with E-state index < -0.39 is 0 Å². The summed E-state index contributed by atoms with van der Waals surface area (Å²) >= 11 is 0. The first kappa shape index (κ1) is 11.5. The number of rotatable bonds is 2. The molecule has 0 bridgehead atoms. The maximum absolute atomic E-state index is 5.88. The lowest BCUT2D eigenvalue weighted by atomic mass is 10.2. The highest BCUT2D eigenvalue weighted by atomic mass is 16.5. The molecular weight excluding hydrogens is 238 g/mol. The predicted molar refractivity (Wildman–Crippen MR) is 75.2 cm³/mol. The van der Waals surface area contributed by atoms with Crippen molar-refractivity contribution in [3.05, 3.63) is 54.4 Å². The lowest BCUT2D eigenvalue weighted by molar-refractivity contribution is 0.469. The van der Waals surface area contributed by atoms with E-state index in [1.165, 1.54) is 0 Å². The van der Waals surface area contributed by atoms with Crippen molar-refractivity contribution in [3.63, 3.8) is 0 Å². The summed E-state index contributed by atoms with van der Waals surface area (Å²) in [4.78, 5) is 8.60. The van der Waals surface area contributed by atoms with Gasteiger partial charge in [0, 0.05) is 17.3 Å². The monoisotopic (exact) mass is 251 g/mol. The van der Waals surface area contributed by atoms with Gasteiger partial charge in [0.1, 0.15) is 5.75 Å². The molecular formula is C15H13N3O. The average Bonchev–Trinajstić information content (AvgIpc) is 2.43. The minimum atomic E-state index is 0.427. The smallest absolute Gasteiger partial charge is 0.242 e. The SMILES string of the molecule is Cc1ccc(N)c(Oc2cccc3ncccc23)n1. The van der Waals surface area contributed by atoms with Gasteiger partial charge < -0.3 is 10.5 Å². The van der Waals surface area contributed by atoms with E-state index in [9.17, 15) is 0 Å². The van der Waals surface area contributed by atoms with Crippen LogP contribution in [0.4, 0.5) is 5.69 Å². The van der Waals surface area contributed by atoms with Crippen LogP contribution in [0.25, 0.3) is 10.9 Å². The Morgan fingerprint density at radius 3 is 2.84 bits per heavy atom. The molecule has 0 fully saturated rings. The summed E-state index contributed by atoms with van der Waals surface area (Å²) in [7, 11) is 0. The minimum absolute atomic E-state index is 0.427. The zero-order valence-electron chi connectivity index (χ0n) is 10.5. The van der Waals surface area contributed by atoms with Crippen molar-refractivity contribution in [1.29, 1.82) is 0 Å². The number of nitrogens with zero attached hydrogens (tertiary/aromatic N) is 2. The van der Waals surface area contributed by atoms with Gasteiger partial charge in [0.15, 0.2) is 0 Å². The molecule has 0 amide bonds. The number of aromatic nitrogens is 2. The number of nitrogens with two attached hydrogens (primary N) is 1. The predicted octanol–water partition coefficient (Wildman–Crippen LogP) is 3.31. The minimum Gasteiger partial charge on any atom is -0.436 e. The van der Waals surface area contributed by atoms with Crippen LogP contribution in [0.2, 0.25) is 0 Å². The van der Waals surface area contributed by atoms with Gasteiger partial charge in [0.05, 0.1) is 11.2 Å². The molecule has 0 saturated heterocycles. The highest BCUT2D eigenvalue weighted by Crippen LogP contribution is 2.30. The summed E-state index contributed by atoms with van der Waals surface area (Å²) < 4.78 is 5.83. The molecule has 0 aliphatic heterocycles. The fourth-order valence-electron chi connectivity index (χ4n) is 1.89.